The molecule has 4 aliphatic rings. The molecular weight excluding hydrogens is 1150 g/mol. The first-order chi connectivity index (χ1) is 30.4. The van der Waals surface area contributed by atoms with Gasteiger partial charge in [-0.05, 0) is 47.9 Å². The van der Waals surface area contributed by atoms with E-state index in [1.807, 2.05) is 0 Å². The van der Waals surface area contributed by atoms with Crippen molar-refractivity contribution in [3.63, 3.8) is 0 Å². The molecule has 0 aromatic heterocycles. The minimum Gasteiger partial charge on any atom is 1.00 e. The monoisotopic (exact) mass is 1200 g/mol. The summed E-state index contributed by atoms with van der Waals surface area (Å²) in [4.78, 5) is 17.1. The molecule has 24 heteroatoms. The van der Waals surface area contributed by atoms with Crippen molar-refractivity contribution >= 4 is 15.6 Å². The van der Waals surface area contributed by atoms with Crippen LogP contribution in [0.25, 0.3) is 0 Å². The molecule has 8 nitrogen and oxygen atoms in total. The van der Waals surface area contributed by atoms with Crippen molar-refractivity contribution in [3.05, 3.63) is 147 Å². The van der Waals surface area contributed by atoms with E-state index >= 15 is 0 Å². The van der Waals surface area contributed by atoms with Gasteiger partial charge >= 0.3 is 111 Å². The molecule has 0 amide bonds. The maximum Gasteiger partial charge on any atom is 1.00 e. The molecule has 68 heavy (non-hydrogen) atoms. The zero-order valence-electron chi connectivity index (χ0n) is 38.2. The molecule has 6 rings (SSSR count). The van der Waals surface area contributed by atoms with Crippen LogP contribution in [-0.2, 0) is 70.9 Å². The van der Waals surface area contributed by atoms with E-state index in [-0.39, 0.29) is 44.8 Å². The van der Waals surface area contributed by atoms with E-state index in [2.05, 4.69) is 192 Å². The van der Waals surface area contributed by atoms with Crippen molar-refractivity contribution in [2.75, 3.05) is 26.2 Å². The van der Waals surface area contributed by atoms with Crippen LogP contribution in [0.5, 0.6) is 0 Å². The summed E-state index contributed by atoms with van der Waals surface area (Å²) in [6, 6.07) is 17.7. The van der Waals surface area contributed by atoms with Crippen molar-refractivity contribution < 1.29 is 95.1 Å². The molecule has 0 spiro atoms. The van der Waals surface area contributed by atoms with Crippen LogP contribution in [0.2, 0.25) is 0 Å². The molecule has 392 valence electrons. The summed E-state index contributed by atoms with van der Waals surface area (Å²) >= 11 is 0. The van der Waals surface area contributed by atoms with Gasteiger partial charge in [0, 0.05) is 102 Å². The molecule has 0 aliphatic carbocycles. The smallest absolute Gasteiger partial charge is 1.00 e. The Kier molecular flexibility index (Phi) is 24.3. The first kappa shape index (κ1) is 63.3. The summed E-state index contributed by atoms with van der Waals surface area (Å²) in [5, 5.41) is 0. The summed E-state index contributed by atoms with van der Waals surface area (Å²) in [6.07, 6.45) is 26.5. The van der Waals surface area contributed by atoms with E-state index in [1.165, 1.54) is 73.6 Å². The quantitative estimate of drug-likeness (QED) is 0.0735. The number of hydrogen-bond acceptors (Lipinski definition) is 8. The fourth-order valence-corrected chi connectivity index (χ4v) is 6.02. The average molecular weight is 1210 g/mol. The summed E-state index contributed by atoms with van der Waals surface area (Å²) in [6.45, 7) is 30.1. The third-order valence-electron chi connectivity index (χ3n) is 9.20. The van der Waals surface area contributed by atoms with Crippen molar-refractivity contribution in [1.29, 1.82) is 0 Å². The van der Waals surface area contributed by atoms with Gasteiger partial charge in [-0.3, -0.25) is 0 Å². The standard InChI is InChI=1S/2C22H30N4.2Ag.2F6P/c2*1-3-5-11-23-13-15-25(19-23)17-21-7-9-22(10-8-21)18-26-16-14-24(20-26)12-6-4-2;;;2*1-7(2,3,4,5)6/h2*7-10,13-16H,3-6,11-12,17-18H2,1-2H3;;;;/q;;2*+1;2*-1. The Hall–Kier alpha value is -2.70. The Bertz CT molecular complexity index is 1610. The first-order valence-electron chi connectivity index (χ1n) is 21.6. The second-order valence-corrected chi connectivity index (χ2v) is 19.7. The van der Waals surface area contributed by atoms with Gasteiger partial charge in [0.2, 0.25) is 26.7 Å². The second-order valence-electron chi connectivity index (χ2n) is 15.8. The van der Waals surface area contributed by atoms with E-state index in [1.54, 1.807) is 0 Å². The fourth-order valence-electron chi connectivity index (χ4n) is 6.02. The van der Waals surface area contributed by atoms with Crippen molar-refractivity contribution in [2.24, 2.45) is 0 Å². The predicted octanol–water partition coefficient (Wildman–Crippen LogP) is 15.7. The van der Waals surface area contributed by atoms with Gasteiger partial charge in [-0.2, -0.15) is 0 Å². The van der Waals surface area contributed by atoms with Crippen molar-refractivity contribution in [3.8, 4) is 0 Å². The number of nitrogens with zero attached hydrogens (tertiary/aromatic N) is 8. The van der Waals surface area contributed by atoms with Crippen LogP contribution in [-0.4, -0.2) is 65.4 Å². The maximum absolute atomic E-state index is 10.7. The Morgan fingerprint density at radius 1 is 0.309 bits per heavy atom. The number of benzene rings is 2. The normalized spacial score (nSPS) is 17.3. The molecule has 4 aliphatic heterocycles. The van der Waals surface area contributed by atoms with Crippen LogP contribution in [0.4, 0.5) is 50.4 Å². The molecule has 0 N–H and O–H groups in total. The van der Waals surface area contributed by atoms with Crippen LogP contribution in [0.3, 0.4) is 0 Å². The number of hydrogen-bond donors (Lipinski definition) is 0. The van der Waals surface area contributed by atoms with Gasteiger partial charge in [0.25, 0.3) is 0 Å². The molecule has 0 unspecified atom stereocenters. The Morgan fingerprint density at radius 3 is 0.603 bits per heavy atom. The summed E-state index contributed by atoms with van der Waals surface area (Å²) in [5.74, 6) is 0. The van der Waals surface area contributed by atoms with Crippen molar-refractivity contribution in [1.82, 2.24) is 39.2 Å². The summed E-state index contributed by atoms with van der Waals surface area (Å²) in [7, 11) is -21.3. The molecule has 0 fully saturated rings. The third-order valence-corrected chi connectivity index (χ3v) is 9.20. The van der Waals surface area contributed by atoms with Crippen LogP contribution < -0.4 is 0 Å². The van der Waals surface area contributed by atoms with E-state index < -0.39 is 15.6 Å². The van der Waals surface area contributed by atoms with Gasteiger partial charge in [-0.15, -0.1) is 0 Å². The van der Waals surface area contributed by atoms with Gasteiger partial charge in [0.15, 0.2) is 0 Å². The zero-order valence-corrected chi connectivity index (χ0v) is 42.9. The van der Waals surface area contributed by atoms with Gasteiger partial charge in [-0.25, -0.2) is 0 Å². The Balaban J connectivity index is 0.000000520. The van der Waals surface area contributed by atoms with E-state index in [0.29, 0.717) is 0 Å². The second kappa shape index (κ2) is 26.1. The van der Waals surface area contributed by atoms with Crippen molar-refractivity contribution in [2.45, 2.75) is 105 Å². The average Bonchev–Trinajstić information content (AvgIpc) is 4.03. The van der Waals surface area contributed by atoms with E-state index in [9.17, 15) is 50.4 Å². The van der Waals surface area contributed by atoms with E-state index in [4.69, 9.17) is 0 Å². The Labute approximate surface area is 426 Å². The van der Waals surface area contributed by atoms with Gasteiger partial charge < -0.3 is 39.2 Å². The van der Waals surface area contributed by atoms with Crippen LogP contribution in [0.1, 0.15) is 101 Å². The Morgan fingerprint density at radius 2 is 0.456 bits per heavy atom. The van der Waals surface area contributed by atoms with Gasteiger partial charge in [-0.1, -0.05) is 102 Å². The minimum atomic E-state index is -10.7. The molecule has 2 aromatic rings. The SMILES string of the molecule is CCCCN1[C]N(Cc2ccc(CN3[C]N(CCCC)C=C3)cc2)C=C1.CCCCN1[C]N(Cc2ccc(CN3[C]N(CCCC)C=C3)cc2)C=C1.F[P-](F)(F)(F)(F)F.F[P-](F)(F)(F)(F)F.[Ag+].[Ag+]. The molecule has 8 radical (unpaired) electrons. The van der Waals surface area contributed by atoms with E-state index in [0.717, 1.165) is 52.4 Å². The third kappa shape index (κ3) is 33.8. The molecule has 0 bridgehead atoms. The maximum atomic E-state index is 9.87. The van der Waals surface area contributed by atoms with Crippen LogP contribution in [0, 0.1) is 26.7 Å². The molecule has 4 heterocycles. The first-order valence-corrected chi connectivity index (χ1v) is 25.7. The number of rotatable bonds is 20. The van der Waals surface area contributed by atoms with Gasteiger partial charge in [0.1, 0.15) is 0 Å². The molecular formula is C44H60Ag2F12N8P2. The number of halogens is 12. The fraction of sp³-hybridized carbons (Fsp3) is 0.455. The molecule has 0 saturated carbocycles. The van der Waals surface area contributed by atoms with Crippen LogP contribution in [0.15, 0.2) is 98.1 Å². The summed E-state index contributed by atoms with van der Waals surface area (Å²) < 4.78 is 118. The topological polar surface area (TPSA) is 25.9 Å². The molecule has 0 saturated heterocycles. The number of unbranched alkanes of at least 4 members (excludes halogenated alkanes) is 4. The summed E-state index contributed by atoms with van der Waals surface area (Å²) in [5.41, 5.74) is 5.21. The molecule has 2 aromatic carbocycles. The van der Waals surface area contributed by atoms with Gasteiger partial charge in [0.05, 0.1) is 0 Å². The van der Waals surface area contributed by atoms with Crippen LogP contribution >= 0.6 is 15.6 Å². The zero-order chi connectivity index (χ0) is 49.2. The predicted molar refractivity (Wildman–Crippen MR) is 238 cm³/mol. The largest absolute Gasteiger partial charge is 1.00 e. The minimum absolute atomic E-state index is 0. The molecule has 0 atom stereocenters.